The first kappa shape index (κ1) is 19.6. The summed E-state index contributed by atoms with van der Waals surface area (Å²) in [5, 5.41) is 2.56. The van der Waals surface area contributed by atoms with Gasteiger partial charge in [0.25, 0.3) is 5.56 Å². The Hall–Kier alpha value is -2.77. The monoisotopic (exact) mass is 368 g/mol. The number of benzene rings is 1. The number of hydrogen-bond acceptors (Lipinski definition) is 3. The zero-order valence-electron chi connectivity index (χ0n) is 14.6. The molecular weight excluding hydrogens is 349 g/mol. The molecule has 140 valence electrons. The second-order valence-corrected chi connectivity index (χ2v) is 6.65. The van der Waals surface area contributed by atoms with Gasteiger partial charge in [-0.2, -0.15) is 13.2 Å². The number of alkyl carbamates (subject to hydrolysis) is 1. The number of carbonyl (C=O) groups excluding carboxylic acids is 1. The topological polar surface area (TPSA) is 60.3 Å². The van der Waals surface area contributed by atoms with Crippen LogP contribution in [0.1, 0.15) is 31.9 Å². The third-order valence-corrected chi connectivity index (χ3v) is 3.28. The van der Waals surface area contributed by atoms with Crippen LogP contribution in [0.15, 0.2) is 47.4 Å². The maximum Gasteiger partial charge on any atom is 0.416 e. The van der Waals surface area contributed by atoms with Gasteiger partial charge in [-0.05, 0) is 50.6 Å². The molecule has 2 aromatic rings. The summed E-state index contributed by atoms with van der Waals surface area (Å²) in [6.45, 7) is 5.31. The lowest BCUT2D eigenvalue weighted by atomic mass is 10.2. The number of pyridine rings is 1. The minimum absolute atomic E-state index is 0.107. The van der Waals surface area contributed by atoms with E-state index in [1.807, 2.05) is 0 Å². The van der Waals surface area contributed by atoms with Crippen molar-refractivity contribution in [2.45, 2.75) is 39.1 Å². The lowest BCUT2D eigenvalue weighted by molar-refractivity contribution is -0.137. The van der Waals surface area contributed by atoms with Crippen LogP contribution >= 0.6 is 0 Å². The molecule has 0 aliphatic rings. The van der Waals surface area contributed by atoms with Crippen LogP contribution in [0, 0.1) is 0 Å². The number of nitrogens with one attached hydrogen (secondary N) is 1. The Balaban J connectivity index is 2.17. The van der Waals surface area contributed by atoms with Crippen LogP contribution in [0.2, 0.25) is 0 Å². The molecule has 0 saturated heterocycles. The molecule has 1 heterocycles. The smallest absolute Gasteiger partial charge is 0.416 e. The predicted molar refractivity (Wildman–Crippen MR) is 90.1 cm³/mol. The normalized spacial score (nSPS) is 11.9. The molecule has 0 atom stereocenters. The average molecular weight is 368 g/mol. The van der Waals surface area contributed by atoms with E-state index in [1.54, 1.807) is 20.8 Å². The highest BCUT2D eigenvalue weighted by Crippen LogP contribution is 2.29. The summed E-state index contributed by atoms with van der Waals surface area (Å²) in [5.41, 5.74) is -0.941. The van der Waals surface area contributed by atoms with E-state index in [0.717, 1.165) is 12.1 Å². The lowest BCUT2D eigenvalue weighted by Crippen LogP contribution is -2.32. The first-order valence-corrected chi connectivity index (χ1v) is 7.82. The summed E-state index contributed by atoms with van der Waals surface area (Å²) < 4.78 is 44.2. The largest absolute Gasteiger partial charge is 0.444 e. The maximum atomic E-state index is 12.6. The molecule has 1 aromatic carbocycles. The summed E-state index contributed by atoms with van der Waals surface area (Å²) in [5.74, 6) is 0. The van der Waals surface area contributed by atoms with E-state index in [0.29, 0.717) is 11.3 Å². The predicted octanol–water partition coefficient (Wildman–Crippen LogP) is 3.88. The number of nitrogens with zero attached hydrogens (tertiary/aromatic N) is 1. The number of halogens is 3. The van der Waals surface area contributed by atoms with E-state index in [1.165, 1.54) is 35.0 Å². The number of rotatable bonds is 3. The van der Waals surface area contributed by atoms with Crippen LogP contribution in [0.4, 0.5) is 18.0 Å². The third-order valence-electron chi connectivity index (χ3n) is 3.28. The minimum Gasteiger partial charge on any atom is -0.444 e. The Bertz CT molecular complexity index is 834. The van der Waals surface area contributed by atoms with Crippen LogP contribution < -0.4 is 10.9 Å². The number of amides is 1. The van der Waals surface area contributed by atoms with E-state index in [-0.39, 0.29) is 6.54 Å². The van der Waals surface area contributed by atoms with Crippen molar-refractivity contribution in [3.05, 3.63) is 64.1 Å². The van der Waals surface area contributed by atoms with Gasteiger partial charge >= 0.3 is 12.3 Å². The maximum absolute atomic E-state index is 12.6. The van der Waals surface area contributed by atoms with Crippen molar-refractivity contribution in [2.24, 2.45) is 0 Å². The van der Waals surface area contributed by atoms with Crippen molar-refractivity contribution in [1.29, 1.82) is 0 Å². The molecule has 0 aliphatic heterocycles. The molecular formula is C18H19F3N2O3. The van der Waals surface area contributed by atoms with Crippen LogP contribution in [-0.2, 0) is 17.5 Å². The van der Waals surface area contributed by atoms with Gasteiger partial charge in [-0.3, -0.25) is 9.36 Å². The van der Waals surface area contributed by atoms with Crippen molar-refractivity contribution in [3.63, 3.8) is 0 Å². The minimum atomic E-state index is -4.44. The van der Waals surface area contributed by atoms with Crippen LogP contribution in [0.5, 0.6) is 0 Å². The molecule has 1 amide bonds. The highest BCUT2D eigenvalue weighted by atomic mass is 19.4. The van der Waals surface area contributed by atoms with Crippen LogP contribution in [0.3, 0.4) is 0 Å². The number of hydrogen-bond donors (Lipinski definition) is 1. The quantitative estimate of drug-likeness (QED) is 0.894. The second kappa shape index (κ2) is 7.23. The van der Waals surface area contributed by atoms with Gasteiger partial charge in [-0.15, -0.1) is 0 Å². The molecule has 0 radical (unpaired) electrons. The van der Waals surface area contributed by atoms with Gasteiger partial charge in [0.05, 0.1) is 5.56 Å². The molecule has 0 saturated carbocycles. The number of aromatic nitrogens is 1. The first-order valence-electron chi connectivity index (χ1n) is 7.82. The molecule has 0 spiro atoms. The molecule has 0 fully saturated rings. The van der Waals surface area contributed by atoms with Crippen molar-refractivity contribution < 1.29 is 22.7 Å². The SMILES string of the molecule is CC(C)(C)OC(=O)NCc1ccc(=O)n(-c2ccc(C(F)(F)F)cc2)c1. The Morgan fingerprint density at radius 1 is 1.08 bits per heavy atom. The molecule has 1 aromatic heterocycles. The molecule has 0 aliphatic carbocycles. The molecule has 0 unspecified atom stereocenters. The summed E-state index contributed by atoms with van der Waals surface area (Å²) in [6.07, 6.45) is -3.59. The van der Waals surface area contributed by atoms with E-state index >= 15 is 0 Å². The van der Waals surface area contributed by atoms with Crippen molar-refractivity contribution in [1.82, 2.24) is 9.88 Å². The summed E-state index contributed by atoms with van der Waals surface area (Å²) in [4.78, 5) is 23.7. The van der Waals surface area contributed by atoms with Gasteiger partial charge in [-0.25, -0.2) is 4.79 Å². The molecule has 1 N–H and O–H groups in total. The summed E-state index contributed by atoms with van der Waals surface area (Å²) in [6, 6.07) is 7.06. The van der Waals surface area contributed by atoms with Crippen LogP contribution in [0.25, 0.3) is 5.69 Å². The zero-order chi connectivity index (χ0) is 19.5. The first-order chi connectivity index (χ1) is 12.0. The van der Waals surface area contributed by atoms with Crippen molar-refractivity contribution in [2.75, 3.05) is 0 Å². The summed E-state index contributed by atoms with van der Waals surface area (Å²) >= 11 is 0. The highest BCUT2D eigenvalue weighted by molar-refractivity contribution is 5.67. The van der Waals surface area contributed by atoms with E-state index in [4.69, 9.17) is 4.74 Å². The Labute approximate surface area is 148 Å². The molecule has 26 heavy (non-hydrogen) atoms. The van der Waals surface area contributed by atoms with Gasteiger partial charge in [0.15, 0.2) is 0 Å². The van der Waals surface area contributed by atoms with Gasteiger partial charge in [0.1, 0.15) is 5.60 Å². The van der Waals surface area contributed by atoms with E-state index < -0.39 is 29.0 Å². The van der Waals surface area contributed by atoms with E-state index in [2.05, 4.69) is 5.32 Å². The number of ether oxygens (including phenoxy) is 1. The van der Waals surface area contributed by atoms with E-state index in [9.17, 15) is 22.8 Å². The molecule has 8 heteroatoms. The fourth-order valence-electron chi connectivity index (χ4n) is 2.14. The van der Waals surface area contributed by atoms with Crippen molar-refractivity contribution in [3.8, 4) is 5.69 Å². The average Bonchev–Trinajstić information content (AvgIpc) is 2.52. The summed E-state index contributed by atoms with van der Waals surface area (Å²) in [7, 11) is 0. The van der Waals surface area contributed by atoms with Crippen LogP contribution in [-0.4, -0.2) is 16.3 Å². The Kier molecular flexibility index (Phi) is 5.44. The third kappa shape index (κ3) is 5.37. The fourth-order valence-corrected chi connectivity index (χ4v) is 2.14. The van der Waals surface area contributed by atoms with Crippen molar-refractivity contribution >= 4 is 6.09 Å². The fraction of sp³-hybridized carbons (Fsp3) is 0.333. The van der Waals surface area contributed by atoms with Gasteiger partial charge in [0.2, 0.25) is 0 Å². The number of alkyl halides is 3. The Morgan fingerprint density at radius 3 is 2.23 bits per heavy atom. The standard InChI is InChI=1S/C18H19F3N2O3/c1-17(2,3)26-16(25)22-10-12-4-9-15(24)23(11-12)14-7-5-13(6-8-14)18(19,20)21/h4-9,11H,10H2,1-3H3,(H,22,25). The van der Waals surface area contributed by atoms with Gasteiger partial charge in [-0.1, -0.05) is 6.07 Å². The molecule has 2 rings (SSSR count). The molecule has 0 bridgehead atoms. The second-order valence-electron chi connectivity index (χ2n) is 6.65. The number of carbonyl (C=O) groups is 1. The van der Waals surface area contributed by atoms with Gasteiger partial charge in [0, 0.05) is 24.5 Å². The molecule has 5 nitrogen and oxygen atoms in total. The highest BCUT2D eigenvalue weighted by Gasteiger charge is 2.30. The zero-order valence-corrected chi connectivity index (χ0v) is 14.6. The lowest BCUT2D eigenvalue weighted by Gasteiger charge is -2.19. The van der Waals surface area contributed by atoms with Gasteiger partial charge < -0.3 is 10.1 Å². The Morgan fingerprint density at radius 2 is 1.69 bits per heavy atom.